The summed E-state index contributed by atoms with van der Waals surface area (Å²) in [4.78, 5) is 36.9. The van der Waals surface area contributed by atoms with Gasteiger partial charge in [0.1, 0.15) is 11.5 Å². The molecular weight excluding hydrogens is 456 g/mol. The predicted octanol–water partition coefficient (Wildman–Crippen LogP) is 2.75. The molecule has 2 aromatic heterocycles. The number of alkyl halides is 2. The van der Waals surface area contributed by atoms with Gasteiger partial charge in [-0.25, -0.2) is 23.5 Å². The molecule has 0 radical (unpaired) electrons. The average Bonchev–Trinajstić information content (AvgIpc) is 3.29. The molecule has 31 heavy (non-hydrogen) atoms. The molecule has 3 N–H and O–H groups in total. The van der Waals surface area contributed by atoms with Crippen LogP contribution >= 0.6 is 22.9 Å². The number of H-pyrrole nitrogens is 1. The fourth-order valence-corrected chi connectivity index (χ4v) is 4.51. The number of amides is 1. The molecular formula is C18H22ClF2N5O4S. The molecule has 0 aliphatic carbocycles. The highest BCUT2D eigenvalue weighted by molar-refractivity contribution is 7.17. The van der Waals surface area contributed by atoms with Crippen molar-refractivity contribution in [1.29, 1.82) is 0 Å². The first kappa shape index (κ1) is 23.4. The number of aromatic nitrogens is 3. The van der Waals surface area contributed by atoms with Crippen molar-refractivity contribution in [2.45, 2.75) is 45.3 Å². The second kappa shape index (κ2) is 9.88. The van der Waals surface area contributed by atoms with Crippen LogP contribution in [0, 0.1) is 6.92 Å². The van der Waals surface area contributed by atoms with Crippen LogP contribution in [-0.2, 0) is 11.2 Å². The molecule has 1 fully saturated rings. The van der Waals surface area contributed by atoms with Gasteiger partial charge >= 0.3 is 5.97 Å². The largest absolute Gasteiger partial charge is 0.477 e. The second-order valence-corrected chi connectivity index (χ2v) is 8.34. The Morgan fingerprint density at radius 3 is 2.77 bits per heavy atom. The van der Waals surface area contributed by atoms with Gasteiger partial charge in [-0.15, -0.1) is 0 Å². The Hall–Kier alpha value is -2.31. The molecule has 3 rings (SSSR count). The number of nitrogens with one attached hydrogen (secondary N) is 2. The Bertz CT molecular complexity index is 954. The minimum Gasteiger partial charge on any atom is -0.477 e. The van der Waals surface area contributed by atoms with Gasteiger partial charge in [0, 0.05) is 13.1 Å². The molecule has 170 valence electrons. The fraction of sp³-hybridized carbons (Fsp3) is 0.556. The molecule has 3 heterocycles. The van der Waals surface area contributed by atoms with E-state index in [1.54, 1.807) is 11.8 Å². The molecule has 0 bridgehead atoms. The van der Waals surface area contributed by atoms with Crippen molar-refractivity contribution < 1.29 is 28.2 Å². The minimum absolute atomic E-state index is 0.0403. The lowest BCUT2D eigenvalue weighted by Crippen LogP contribution is -2.55. The smallest absolute Gasteiger partial charge is 0.347 e. The summed E-state index contributed by atoms with van der Waals surface area (Å²) >= 11 is 7.00. The van der Waals surface area contributed by atoms with Crippen molar-refractivity contribution in [2.75, 3.05) is 24.6 Å². The number of carboxylic acids is 1. The molecule has 13 heteroatoms. The van der Waals surface area contributed by atoms with Gasteiger partial charge in [0.05, 0.1) is 23.5 Å². The van der Waals surface area contributed by atoms with E-state index in [0.717, 1.165) is 11.3 Å². The zero-order chi connectivity index (χ0) is 22.7. The first-order valence-electron chi connectivity index (χ1n) is 9.60. The lowest BCUT2D eigenvalue weighted by molar-refractivity contribution is -0.0391. The first-order chi connectivity index (χ1) is 14.7. The second-order valence-electron chi connectivity index (χ2n) is 7.00. The predicted molar refractivity (Wildman–Crippen MR) is 111 cm³/mol. The van der Waals surface area contributed by atoms with E-state index in [0.29, 0.717) is 35.9 Å². The average molecular weight is 478 g/mol. The Labute approximate surface area is 185 Å². The maximum absolute atomic E-state index is 12.8. The topological polar surface area (TPSA) is 120 Å². The number of imidazole rings is 1. The number of thiazole rings is 1. The molecule has 2 unspecified atom stereocenters. The summed E-state index contributed by atoms with van der Waals surface area (Å²) in [5, 5.41) is 12.7. The van der Waals surface area contributed by atoms with Gasteiger partial charge in [-0.3, -0.25) is 4.79 Å². The monoisotopic (exact) mass is 477 g/mol. The maximum Gasteiger partial charge on any atom is 0.347 e. The van der Waals surface area contributed by atoms with Crippen molar-refractivity contribution in [3.05, 3.63) is 27.2 Å². The lowest BCUT2D eigenvalue weighted by Gasteiger charge is -2.38. The number of aromatic carboxylic acids is 1. The Kier molecular flexibility index (Phi) is 7.44. The molecule has 0 aromatic carbocycles. The molecule has 1 saturated heterocycles. The van der Waals surface area contributed by atoms with Gasteiger partial charge < -0.3 is 25.0 Å². The standard InChI is InChI=1S/C18H22ClF2N5O4S/c1-3-9-14(19)25-15(23-9)16(27)24-10-4-5-26(6-11(10)30-7-12(20)21)18-22-8(2)13(31-18)17(28)29/h10-12H,3-7H2,1-2H3,(H,23,25)(H,24,27)(H,28,29). The Balaban J connectivity index is 1.73. The van der Waals surface area contributed by atoms with E-state index in [9.17, 15) is 23.5 Å². The van der Waals surface area contributed by atoms with Crippen LogP contribution in [0.5, 0.6) is 0 Å². The molecule has 0 spiro atoms. The molecule has 1 amide bonds. The third-order valence-corrected chi connectivity index (χ3v) is 6.38. The number of rotatable bonds is 8. The van der Waals surface area contributed by atoms with E-state index in [2.05, 4.69) is 20.3 Å². The summed E-state index contributed by atoms with van der Waals surface area (Å²) in [5.41, 5.74) is 1.01. The summed E-state index contributed by atoms with van der Waals surface area (Å²) in [6.07, 6.45) is -2.46. The quantitative estimate of drug-likeness (QED) is 0.534. The number of anilines is 1. The van der Waals surface area contributed by atoms with Crippen LogP contribution in [0.3, 0.4) is 0 Å². The van der Waals surface area contributed by atoms with Crippen molar-refractivity contribution in [2.24, 2.45) is 0 Å². The first-order valence-corrected chi connectivity index (χ1v) is 10.8. The highest BCUT2D eigenvalue weighted by atomic mass is 35.5. The summed E-state index contributed by atoms with van der Waals surface area (Å²) in [7, 11) is 0. The number of piperidine rings is 1. The van der Waals surface area contributed by atoms with E-state index in [1.807, 2.05) is 6.92 Å². The normalized spacial score (nSPS) is 19.1. The van der Waals surface area contributed by atoms with Gasteiger partial charge in [-0.2, -0.15) is 0 Å². The number of carbonyl (C=O) groups excluding carboxylic acids is 1. The number of hydrogen-bond acceptors (Lipinski definition) is 7. The fourth-order valence-electron chi connectivity index (χ4n) is 3.30. The van der Waals surface area contributed by atoms with Crippen molar-refractivity contribution in [3.8, 4) is 0 Å². The van der Waals surface area contributed by atoms with E-state index in [-0.39, 0.29) is 22.4 Å². The van der Waals surface area contributed by atoms with E-state index in [4.69, 9.17) is 16.3 Å². The van der Waals surface area contributed by atoms with Gasteiger partial charge in [0.25, 0.3) is 12.3 Å². The van der Waals surface area contributed by atoms with Crippen LogP contribution in [0.1, 0.15) is 45.0 Å². The maximum atomic E-state index is 12.8. The van der Waals surface area contributed by atoms with Crippen molar-refractivity contribution in [3.63, 3.8) is 0 Å². The number of carboxylic acid groups (broad SMARTS) is 1. The summed E-state index contributed by atoms with van der Waals surface area (Å²) in [5.74, 6) is -1.54. The molecule has 1 aliphatic rings. The third-order valence-electron chi connectivity index (χ3n) is 4.86. The van der Waals surface area contributed by atoms with Crippen molar-refractivity contribution in [1.82, 2.24) is 20.3 Å². The van der Waals surface area contributed by atoms with Gasteiger partial charge in [0.2, 0.25) is 0 Å². The van der Waals surface area contributed by atoms with Crippen LogP contribution < -0.4 is 10.2 Å². The van der Waals surface area contributed by atoms with Crippen LogP contribution in [0.15, 0.2) is 0 Å². The number of aryl methyl sites for hydroxylation is 2. The van der Waals surface area contributed by atoms with Crippen LogP contribution in [-0.4, -0.2) is 70.2 Å². The molecule has 2 aromatic rings. The summed E-state index contributed by atoms with van der Waals surface area (Å²) in [6.45, 7) is 3.28. The number of aromatic amines is 1. The van der Waals surface area contributed by atoms with E-state index in [1.165, 1.54) is 0 Å². The van der Waals surface area contributed by atoms with Crippen LogP contribution in [0.4, 0.5) is 13.9 Å². The number of halogens is 3. The SMILES string of the molecule is CCc1[nH]c(C(=O)NC2CCN(c3nc(C)c(C(=O)O)s3)CC2OCC(F)F)nc1Cl. The number of nitrogens with zero attached hydrogens (tertiary/aromatic N) is 3. The zero-order valence-electron chi connectivity index (χ0n) is 16.8. The van der Waals surface area contributed by atoms with Crippen LogP contribution in [0.2, 0.25) is 5.15 Å². The summed E-state index contributed by atoms with van der Waals surface area (Å²) < 4.78 is 30.9. The van der Waals surface area contributed by atoms with Crippen molar-refractivity contribution >= 4 is 39.9 Å². The number of ether oxygens (including phenoxy) is 1. The Morgan fingerprint density at radius 2 is 2.19 bits per heavy atom. The highest BCUT2D eigenvalue weighted by Crippen LogP contribution is 2.29. The minimum atomic E-state index is -2.66. The third kappa shape index (κ3) is 5.49. The van der Waals surface area contributed by atoms with Gasteiger partial charge in [0.15, 0.2) is 16.1 Å². The zero-order valence-corrected chi connectivity index (χ0v) is 18.4. The summed E-state index contributed by atoms with van der Waals surface area (Å²) in [6, 6.07) is -0.545. The number of hydrogen-bond donors (Lipinski definition) is 3. The van der Waals surface area contributed by atoms with E-state index < -0.39 is 37.1 Å². The molecule has 2 atom stereocenters. The lowest BCUT2D eigenvalue weighted by atomic mass is 10.0. The molecule has 0 saturated carbocycles. The highest BCUT2D eigenvalue weighted by Gasteiger charge is 2.34. The number of carbonyl (C=O) groups is 2. The van der Waals surface area contributed by atoms with Crippen LogP contribution in [0.25, 0.3) is 0 Å². The van der Waals surface area contributed by atoms with Gasteiger partial charge in [-0.05, 0) is 19.8 Å². The Morgan fingerprint density at radius 1 is 1.45 bits per heavy atom. The van der Waals surface area contributed by atoms with Gasteiger partial charge in [-0.1, -0.05) is 29.9 Å². The molecule has 9 nitrogen and oxygen atoms in total. The van der Waals surface area contributed by atoms with E-state index >= 15 is 0 Å². The molecule has 1 aliphatic heterocycles.